The number of nitrogens with zero attached hydrogens (tertiary/aromatic N) is 2. The molecule has 1 aliphatic rings. The van der Waals surface area contributed by atoms with E-state index >= 15 is 0 Å². The van der Waals surface area contributed by atoms with E-state index in [1.54, 1.807) is 17.8 Å². The zero-order chi connectivity index (χ0) is 13.3. The van der Waals surface area contributed by atoms with Gasteiger partial charge >= 0.3 is 0 Å². The summed E-state index contributed by atoms with van der Waals surface area (Å²) in [5.41, 5.74) is 7.10. The number of hydrogen-bond donors (Lipinski definition) is 2. The number of rotatable bonds is 3. The van der Waals surface area contributed by atoms with Crippen LogP contribution in [-0.2, 0) is 7.05 Å². The Hall–Kier alpha value is -1.43. The predicted molar refractivity (Wildman–Crippen MR) is 73.3 cm³/mol. The molecule has 1 heterocycles. The van der Waals surface area contributed by atoms with Crippen molar-refractivity contribution in [3.05, 3.63) is 17.5 Å². The molecular formula is C12H18N4OS. The van der Waals surface area contributed by atoms with Gasteiger partial charge in [0.1, 0.15) is 5.69 Å². The Balaban J connectivity index is 2.07. The van der Waals surface area contributed by atoms with Crippen molar-refractivity contribution >= 4 is 23.1 Å². The zero-order valence-electron chi connectivity index (χ0n) is 10.6. The van der Waals surface area contributed by atoms with Crippen molar-refractivity contribution in [2.75, 3.05) is 0 Å². The molecular weight excluding hydrogens is 248 g/mol. The monoisotopic (exact) mass is 266 g/mol. The van der Waals surface area contributed by atoms with E-state index < -0.39 is 0 Å². The molecule has 5 nitrogen and oxygen atoms in total. The van der Waals surface area contributed by atoms with Crippen LogP contribution in [0.15, 0.2) is 6.07 Å². The molecule has 0 aliphatic heterocycles. The Morgan fingerprint density at radius 3 is 2.89 bits per heavy atom. The van der Waals surface area contributed by atoms with Crippen molar-refractivity contribution in [2.24, 2.45) is 18.7 Å². The number of nitrogens with two attached hydrogens (primary N) is 1. The number of thiocarbonyl (C=S) groups is 1. The fraction of sp³-hybridized carbons (Fsp3) is 0.583. The minimum absolute atomic E-state index is 0.0604. The molecule has 2 unspecified atom stereocenters. The van der Waals surface area contributed by atoms with Crippen molar-refractivity contribution in [1.82, 2.24) is 15.1 Å². The van der Waals surface area contributed by atoms with Gasteiger partial charge in [-0.2, -0.15) is 5.10 Å². The Bertz CT molecular complexity index is 482. The van der Waals surface area contributed by atoms with Crippen molar-refractivity contribution < 1.29 is 4.79 Å². The molecule has 0 saturated heterocycles. The Morgan fingerprint density at radius 1 is 1.61 bits per heavy atom. The molecule has 2 atom stereocenters. The number of nitrogens with one attached hydrogen (secondary N) is 1. The van der Waals surface area contributed by atoms with E-state index in [0.717, 1.165) is 25.0 Å². The van der Waals surface area contributed by atoms with Gasteiger partial charge in [0.15, 0.2) is 0 Å². The van der Waals surface area contributed by atoms with Crippen molar-refractivity contribution in [2.45, 2.75) is 32.2 Å². The molecule has 1 aromatic rings. The quantitative estimate of drug-likeness (QED) is 0.798. The van der Waals surface area contributed by atoms with Crippen molar-refractivity contribution in [1.29, 1.82) is 0 Å². The van der Waals surface area contributed by atoms with Crippen LogP contribution in [0.2, 0.25) is 0 Å². The summed E-state index contributed by atoms with van der Waals surface area (Å²) in [6.45, 7) is 1.87. The average Bonchev–Trinajstić information content (AvgIpc) is 2.85. The summed E-state index contributed by atoms with van der Waals surface area (Å²) in [6.07, 6.45) is 2.95. The number of hydrogen-bond acceptors (Lipinski definition) is 3. The number of carbonyl (C=O) groups is 1. The van der Waals surface area contributed by atoms with Gasteiger partial charge in [0.25, 0.3) is 5.91 Å². The minimum Gasteiger partial charge on any atom is -0.393 e. The molecule has 1 aliphatic carbocycles. The predicted octanol–water partition coefficient (Wildman–Crippen LogP) is 0.913. The van der Waals surface area contributed by atoms with Gasteiger partial charge in [-0.1, -0.05) is 18.6 Å². The maximum atomic E-state index is 12.1. The van der Waals surface area contributed by atoms with Gasteiger partial charge in [0, 0.05) is 19.0 Å². The molecule has 98 valence electrons. The maximum Gasteiger partial charge on any atom is 0.269 e. The third-order valence-electron chi connectivity index (χ3n) is 3.43. The van der Waals surface area contributed by atoms with E-state index in [-0.39, 0.29) is 17.9 Å². The van der Waals surface area contributed by atoms with Crippen LogP contribution in [0.1, 0.15) is 35.4 Å². The molecule has 1 aromatic heterocycles. The van der Waals surface area contributed by atoms with Gasteiger partial charge in [-0.3, -0.25) is 9.48 Å². The van der Waals surface area contributed by atoms with Crippen LogP contribution in [-0.4, -0.2) is 26.7 Å². The lowest BCUT2D eigenvalue weighted by Crippen LogP contribution is -2.42. The topological polar surface area (TPSA) is 72.9 Å². The second-order valence-corrected chi connectivity index (χ2v) is 5.29. The third-order valence-corrected chi connectivity index (χ3v) is 3.74. The first-order valence-electron chi connectivity index (χ1n) is 6.10. The van der Waals surface area contributed by atoms with Crippen LogP contribution in [0.25, 0.3) is 0 Å². The highest BCUT2D eigenvalue weighted by Gasteiger charge is 2.31. The highest BCUT2D eigenvalue weighted by Crippen LogP contribution is 2.26. The summed E-state index contributed by atoms with van der Waals surface area (Å²) in [5.74, 6) is 0.0181. The normalized spacial score (nSPS) is 23.0. The largest absolute Gasteiger partial charge is 0.393 e. The average molecular weight is 266 g/mol. The first-order chi connectivity index (χ1) is 8.49. The van der Waals surface area contributed by atoms with E-state index in [1.165, 1.54) is 0 Å². The zero-order valence-corrected chi connectivity index (χ0v) is 11.5. The molecule has 0 bridgehead atoms. The summed E-state index contributed by atoms with van der Waals surface area (Å²) in [7, 11) is 1.77. The van der Waals surface area contributed by atoms with E-state index in [1.807, 2.05) is 6.92 Å². The Labute approximate surface area is 112 Å². The van der Waals surface area contributed by atoms with Crippen LogP contribution >= 0.6 is 12.2 Å². The molecule has 3 N–H and O–H groups in total. The lowest BCUT2D eigenvalue weighted by Gasteiger charge is -2.19. The van der Waals surface area contributed by atoms with Crippen LogP contribution in [0.4, 0.5) is 0 Å². The van der Waals surface area contributed by atoms with Gasteiger partial charge in [0.2, 0.25) is 0 Å². The maximum absolute atomic E-state index is 12.1. The third kappa shape index (κ3) is 2.53. The second kappa shape index (κ2) is 5.06. The van der Waals surface area contributed by atoms with E-state index in [0.29, 0.717) is 10.7 Å². The van der Waals surface area contributed by atoms with Crippen LogP contribution < -0.4 is 11.1 Å². The second-order valence-electron chi connectivity index (χ2n) is 4.81. The van der Waals surface area contributed by atoms with Crippen LogP contribution in [0.3, 0.4) is 0 Å². The first kappa shape index (κ1) is 13.0. The fourth-order valence-corrected chi connectivity index (χ4v) is 2.82. The lowest BCUT2D eigenvalue weighted by atomic mass is 10.0. The molecule has 1 saturated carbocycles. The fourth-order valence-electron chi connectivity index (χ4n) is 2.54. The smallest absolute Gasteiger partial charge is 0.269 e. The van der Waals surface area contributed by atoms with Crippen LogP contribution in [0, 0.1) is 12.8 Å². The number of aryl methyl sites for hydroxylation is 2. The van der Waals surface area contributed by atoms with Gasteiger partial charge < -0.3 is 11.1 Å². The van der Waals surface area contributed by atoms with Crippen LogP contribution in [0.5, 0.6) is 0 Å². The van der Waals surface area contributed by atoms with E-state index in [4.69, 9.17) is 18.0 Å². The van der Waals surface area contributed by atoms with Gasteiger partial charge in [-0.25, -0.2) is 0 Å². The highest BCUT2D eigenvalue weighted by atomic mass is 32.1. The summed E-state index contributed by atoms with van der Waals surface area (Å²) in [4.78, 5) is 12.6. The van der Waals surface area contributed by atoms with Crippen molar-refractivity contribution in [3.8, 4) is 0 Å². The lowest BCUT2D eigenvalue weighted by molar-refractivity contribution is 0.0924. The van der Waals surface area contributed by atoms with Gasteiger partial charge in [-0.05, 0) is 25.8 Å². The molecule has 0 aromatic carbocycles. The molecule has 2 rings (SSSR count). The summed E-state index contributed by atoms with van der Waals surface area (Å²) in [5, 5.41) is 7.18. The summed E-state index contributed by atoms with van der Waals surface area (Å²) >= 11 is 5.04. The highest BCUT2D eigenvalue weighted by molar-refractivity contribution is 7.80. The minimum atomic E-state index is -0.105. The molecule has 18 heavy (non-hydrogen) atoms. The molecule has 1 amide bonds. The molecule has 0 radical (unpaired) electrons. The van der Waals surface area contributed by atoms with E-state index in [2.05, 4.69) is 10.4 Å². The molecule has 1 fully saturated rings. The van der Waals surface area contributed by atoms with Crippen molar-refractivity contribution in [3.63, 3.8) is 0 Å². The summed E-state index contributed by atoms with van der Waals surface area (Å²) < 4.78 is 1.59. The number of aromatic nitrogens is 2. The number of carbonyl (C=O) groups excluding carboxylic acids is 1. The SMILES string of the molecule is Cc1cc(C(=O)NC2CCCC2C(N)=S)n(C)n1. The standard InChI is InChI=1S/C12H18N4OS/c1-7-6-10(16(2)15-7)12(17)14-9-5-3-4-8(9)11(13)18/h6,8-9H,3-5H2,1-2H3,(H2,13,18)(H,14,17). The molecule has 0 spiro atoms. The Kier molecular flexibility index (Phi) is 3.65. The Morgan fingerprint density at radius 2 is 2.33 bits per heavy atom. The molecule has 6 heteroatoms. The summed E-state index contributed by atoms with van der Waals surface area (Å²) in [6, 6.07) is 1.84. The number of amides is 1. The van der Waals surface area contributed by atoms with Gasteiger partial charge in [-0.15, -0.1) is 0 Å². The first-order valence-corrected chi connectivity index (χ1v) is 6.50. The van der Waals surface area contributed by atoms with E-state index in [9.17, 15) is 4.79 Å². The van der Waals surface area contributed by atoms with Gasteiger partial charge in [0.05, 0.1) is 10.7 Å².